The lowest BCUT2D eigenvalue weighted by molar-refractivity contribution is -0.229. The average Bonchev–Trinajstić information content (AvgIpc) is 2.48. The second kappa shape index (κ2) is 7.32. The summed E-state index contributed by atoms with van der Waals surface area (Å²) in [7, 11) is 0. The van der Waals surface area contributed by atoms with Gasteiger partial charge in [0.1, 0.15) is 11.3 Å². The van der Waals surface area contributed by atoms with Crippen molar-refractivity contribution in [2.24, 2.45) is 0 Å². The van der Waals surface area contributed by atoms with Crippen LogP contribution in [-0.2, 0) is 14.3 Å². The number of halogens is 5. The van der Waals surface area contributed by atoms with E-state index in [1.807, 2.05) is 0 Å². The van der Waals surface area contributed by atoms with E-state index < -0.39 is 41.1 Å². The van der Waals surface area contributed by atoms with Crippen molar-refractivity contribution in [1.82, 2.24) is 0 Å². The number of benzene rings is 1. The van der Waals surface area contributed by atoms with Crippen molar-refractivity contribution in [3.63, 3.8) is 0 Å². The number of hydrogen-bond donors (Lipinski definition) is 1. The zero-order chi connectivity index (χ0) is 18.7. The highest BCUT2D eigenvalue weighted by atomic mass is 127. The van der Waals surface area contributed by atoms with Crippen molar-refractivity contribution in [2.45, 2.75) is 18.8 Å². The summed E-state index contributed by atoms with van der Waals surface area (Å²) >= 11 is 1.76. The van der Waals surface area contributed by atoms with Crippen LogP contribution in [-0.4, -0.2) is 41.5 Å². The third-order valence-electron chi connectivity index (χ3n) is 2.56. The molecule has 0 radical (unpaired) electrons. The molecule has 132 valence electrons. The van der Waals surface area contributed by atoms with E-state index in [9.17, 15) is 31.9 Å². The van der Waals surface area contributed by atoms with Gasteiger partial charge in [-0.2, -0.15) is 17.6 Å². The van der Waals surface area contributed by atoms with Crippen LogP contribution in [0.25, 0.3) is 0 Å². The third-order valence-corrected chi connectivity index (χ3v) is 3.23. The molecule has 1 aromatic carbocycles. The maximum absolute atomic E-state index is 13.4. The van der Waals surface area contributed by atoms with Gasteiger partial charge in [-0.3, -0.25) is 0 Å². The summed E-state index contributed by atoms with van der Waals surface area (Å²) < 4.78 is 61.9. The van der Waals surface area contributed by atoms with E-state index >= 15 is 0 Å². The summed E-state index contributed by atoms with van der Waals surface area (Å²) in [6.45, 7) is 1.38. The minimum absolute atomic E-state index is 0.0784. The fourth-order valence-corrected chi connectivity index (χ4v) is 1.88. The van der Waals surface area contributed by atoms with Gasteiger partial charge >= 0.3 is 29.8 Å². The van der Waals surface area contributed by atoms with Crippen LogP contribution in [0.2, 0.25) is 0 Å². The molecule has 0 unspecified atom stereocenters. The fourth-order valence-electron chi connectivity index (χ4n) is 1.39. The summed E-state index contributed by atoms with van der Waals surface area (Å²) in [4.78, 5) is 33.3. The SMILES string of the molecule is CCOC(=O)c1cc(I)ccc1OC(=O)C(F)(F)C(F)(F)C(=O)O. The summed E-state index contributed by atoms with van der Waals surface area (Å²) in [6.07, 6.45) is 0. The third kappa shape index (κ3) is 3.94. The Kier molecular flexibility index (Phi) is 6.14. The van der Waals surface area contributed by atoms with Gasteiger partial charge in [-0.25, -0.2) is 14.4 Å². The number of carboxylic acids is 1. The molecule has 24 heavy (non-hydrogen) atoms. The maximum Gasteiger partial charge on any atom is 0.416 e. The van der Waals surface area contributed by atoms with Crippen molar-refractivity contribution in [3.05, 3.63) is 27.3 Å². The van der Waals surface area contributed by atoms with Gasteiger partial charge < -0.3 is 14.6 Å². The minimum atomic E-state index is -5.68. The molecule has 0 saturated heterocycles. The smallest absolute Gasteiger partial charge is 0.416 e. The Hall–Kier alpha value is -1.92. The maximum atomic E-state index is 13.4. The Bertz CT molecular complexity index is 676. The topological polar surface area (TPSA) is 89.9 Å². The van der Waals surface area contributed by atoms with E-state index in [2.05, 4.69) is 9.47 Å². The van der Waals surface area contributed by atoms with Gasteiger partial charge in [-0.1, -0.05) is 0 Å². The predicted molar refractivity (Wildman–Crippen MR) is 78.3 cm³/mol. The Morgan fingerprint density at radius 2 is 1.75 bits per heavy atom. The normalized spacial score (nSPS) is 11.8. The van der Waals surface area contributed by atoms with Crippen LogP contribution in [0.3, 0.4) is 0 Å². The molecule has 0 aromatic heterocycles. The van der Waals surface area contributed by atoms with Gasteiger partial charge in [0.15, 0.2) is 0 Å². The zero-order valence-corrected chi connectivity index (χ0v) is 14.0. The van der Waals surface area contributed by atoms with Gasteiger partial charge in [0.25, 0.3) is 0 Å². The number of aliphatic carboxylic acids is 1. The zero-order valence-electron chi connectivity index (χ0n) is 11.8. The molecule has 0 aliphatic carbocycles. The van der Waals surface area contributed by atoms with E-state index in [1.165, 1.54) is 13.0 Å². The van der Waals surface area contributed by atoms with Crippen LogP contribution < -0.4 is 4.74 Å². The van der Waals surface area contributed by atoms with Crippen LogP contribution in [0, 0.1) is 3.57 Å². The number of alkyl halides is 4. The van der Waals surface area contributed by atoms with Crippen LogP contribution >= 0.6 is 22.6 Å². The molecular formula is C13H9F4IO6. The molecule has 0 atom stereocenters. The van der Waals surface area contributed by atoms with Gasteiger partial charge in [-0.15, -0.1) is 0 Å². The Balaban J connectivity index is 3.19. The first-order valence-corrected chi connectivity index (χ1v) is 7.21. The van der Waals surface area contributed by atoms with Gasteiger partial charge in [0.2, 0.25) is 0 Å². The molecule has 6 nitrogen and oxygen atoms in total. The van der Waals surface area contributed by atoms with Gasteiger partial charge in [0, 0.05) is 3.57 Å². The minimum Gasteiger partial charge on any atom is -0.477 e. The highest BCUT2D eigenvalue weighted by Gasteiger charge is 2.69. The summed E-state index contributed by atoms with van der Waals surface area (Å²) in [5, 5.41) is 8.13. The molecular weight excluding hydrogens is 455 g/mol. The standard InChI is InChI=1S/C13H9F4IO6/c1-2-23-9(19)7-5-6(18)3-4-8(7)24-11(22)13(16,17)12(14,15)10(20)21/h3-5H,2H2,1H3,(H,20,21). The molecule has 11 heteroatoms. The lowest BCUT2D eigenvalue weighted by atomic mass is 10.1. The van der Waals surface area contributed by atoms with Gasteiger partial charge in [0.05, 0.1) is 6.61 Å². The second-order valence-corrected chi connectivity index (χ2v) is 5.45. The second-order valence-electron chi connectivity index (χ2n) is 4.20. The van der Waals surface area contributed by atoms with E-state index in [-0.39, 0.29) is 6.61 Å². The quantitative estimate of drug-likeness (QED) is 0.302. The number of esters is 2. The number of carbonyl (C=O) groups excluding carboxylic acids is 2. The van der Waals surface area contributed by atoms with E-state index in [0.29, 0.717) is 3.57 Å². The number of carbonyl (C=O) groups is 3. The molecule has 0 saturated carbocycles. The molecule has 0 fully saturated rings. The number of rotatable bonds is 6. The molecule has 0 bridgehead atoms. The molecule has 1 rings (SSSR count). The number of carboxylic acid groups (broad SMARTS) is 1. The average molecular weight is 464 g/mol. The molecule has 0 aliphatic rings. The van der Waals surface area contributed by atoms with Crippen LogP contribution in [0.15, 0.2) is 18.2 Å². The Labute approximate surface area is 145 Å². The summed E-state index contributed by atoms with van der Waals surface area (Å²) in [5.74, 6) is -19.1. The molecule has 0 heterocycles. The van der Waals surface area contributed by atoms with E-state index in [0.717, 1.165) is 12.1 Å². The Morgan fingerprint density at radius 3 is 2.25 bits per heavy atom. The van der Waals surface area contributed by atoms with Crippen molar-refractivity contribution in [1.29, 1.82) is 0 Å². The first-order chi connectivity index (χ1) is 10.9. The van der Waals surface area contributed by atoms with Crippen LogP contribution in [0.1, 0.15) is 17.3 Å². The van der Waals surface area contributed by atoms with E-state index in [4.69, 9.17) is 5.11 Å². The van der Waals surface area contributed by atoms with E-state index in [1.54, 1.807) is 22.6 Å². The molecule has 1 N–H and O–H groups in total. The number of ether oxygens (including phenoxy) is 2. The highest BCUT2D eigenvalue weighted by Crippen LogP contribution is 2.36. The van der Waals surface area contributed by atoms with Crippen molar-refractivity contribution in [2.75, 3.05) is 6.61 Å². The summed E-state index contributed by atoms with van der Waals surface area (Å²) in [6, 6.07) is 3.29. The van der Waals surface area contributed by atoms with Crippen LogP contribution in [0.5, 0.6) is 5.75 Å². The number of hydrogen-bond acceptors (Lipinski definition) is 5. The van der Waals surface area contributed by atoms with Crippen LogP contribution in [0.4, 0.5) is 17.6 Å². The monoisotopic (exact) mass is 464 g/mol. The van der Waals surface area contributed by atoms with Crippen molar-refractivity contribution >= 4 is 40.5 Å². The highest BCUT2D eigenvalue weighted by molar-refractivity contribution is 14.1. The molecule has 1 aromatic rings. The molecule has 0 aliphatic heterocycles. The largest absolute Gasteiger partial charge is 0.477 e. The summed E-state index contributed by atoms with van der Waals surface area (Å²) in [5.41, 5.74) is -0.452. The van der Waals surface area contributed by atoms with Crippen molar-refractivity contribution in [3.8, 4) is 5.75 Å². The first-order valence-electron chi connectivity index (χ1n) is 6.13. The lowest BCUT2D eigenvalue weighted by Crippen LogP contribution is -2.53. The van der Waals surface area contributed by atoms with Crippen molar-refractivity contribution < 1.29 is 46.5 Å². The lowest BCUT2D eigenvalue weighted by Gasteiger charge is -2.21. The van der Waals surface area contributed by atoms with Gasteiger partial charge in [-0.05, 0) is 47.7 Å². The molecule has 0 amide bonds. The Morgan fingerprint density at radius 1 is 1.17 bits per heavy atom. The fraction of sp³-hybridized carbons (Fsp3) is 0.308. The first kappa shape index (κ1) is 20.1. The predicted octanol–water partition coefficient (Wildman–Crippen LogP) is 2.73. The molecule has 0 spiro atoms.